The molecule has 1 aromatic carbocycles. The number of carbonyl (C=O) groups excluding carboxylic acids is 2. The van der Waals surface area contributed by atoms with E-state index in [0.29, 0.717) is 18.6 Å². The van der Waals surface area contributed by atoms with Crippen molar-refractivity contribution in [1.29, 1.82) is 0 Å². The zero-order valence-electron chi connectivity index (χ0n) is 13.2. The molecule has 0 spiro atoms. The lowest BCUT2D eigenvalue weighted by Gasteiger charge is -2.16. The number of methoxy groups -OCH3 is 1. The van der Waals surface area contributed by atoms with Crippen molar-refractivity contribution in [2.75, 3.05) is 19.0 Å². The molecule has 1 atom stereocenters. The van der Waals surface area contributed by atoms with E-state index >= 15 is 0 Å². The molecule has 1 amide bonds. The number of nitrogens with zero attached hydrogens (tertiary/aromatic N) is 1. The maximum absolute atomic E-state index is 11.9. The number of allylic oxidation sites excluding steroid dienone is 2. The molecule has 0 saturated heterocycles. The number of ether oxygens (including phenoxy) is 2. The van der Waals surface area contributed by atoms with Crippen molar-refractivity contribution >= 4 is 23.3 Å². The molecular formula is C16H18N2O6. The molecule has 0 bridgehead atoms. The van der Waals surface area contributed by atoms with Crippen LogP contribution in [-0.4, -0.2) is 30.5 Å². The van der Waals surface area contributed by atoms with Crippen LogP contribution in [0.1, 0.15) is 19.3 Å². The van der Waals surface area contributed by atoms with Crippen molar-refractivity contribution in [1.82, 2.24) is 0 Å². The molecule has 0 radical (unpaired) electrons. The van der Waals surface area contributed by atoms with E-state index in [1.54, 1.807) is 0 Å². The monoisotopic (exact) mass is 334 g/mol. The lowest BCUT2D eigenvalue weighted by atomic mass is 9.95. The van der Waals surface area contributed by atoms with E-state index < -0.39 is 23.4 Å². The molecule has 1 aliphatic carbocycles. The van der Waals surface area contributed by atoms with Crippen LogP contribution < -0.4 is 10.1 Å². The van der Waals surface area contributed by atoms with Gasteiger partial charge in [0.1, 0.15) is 11.4 Å². The zero-order chi connectivity index (χ0) is 17.5. The number of anilines is 1. The van der Waals surface area contributed by atoms with Crippen molar-refractivity contribution in [3.8, 4) is 5.75 Å². The molecule has 24 heavy (non-hydrogen) atoms. The minimum absolute atomic E-state index is 0.0162. The standard InChI is InChI=1S/C16H18N2O6/c1-23-12-7-8-13(14(9-12)18(21)22)17-15(19)10-24-16(20)11-5-3-2-4-6-11/h2-3,7-9,11H,4-6,10H2,1H3,(H,17,19)/t11-/m0/s1. The van der Waals surface area contributed by atoms with E-state index in [1.807, 2.05) is 12.2 Å². The average molecular weight is 334 g/mol. The van der Waals surface area contributed by atoms with Gasteiger partial charge in [0.25, 0.3) is 11.6 Å². The Morgan fingerprint density at radius 1 is 1.38 bits per heavy atom. The Balaban J connectivity index is 1.93. The number of carbonyl (C=O) groups is 2. The fraction of sp³-hybridized carbons (Fsp3) is 0.375. The second-order valence-corrected chi connectivity index (χ2v) is 5.28. The largest absolute Gasteiger partial charge is 0.496 e. The van der Waals surface area contributed by atoms with E-state index in [0.717, 1.165) is 6.42 Å². The van der Waals surface area contributed by atoms with Gasteiger partial charge in [-0.3, -0.25) is 19.7 Å². The second-order valence-electron chi connectivity index (χ2n) is 5.28. The van der Waals surface area contributed by atoms with Gasteiger partial charge in [0.05, 0.1) is 24.0 Å². The molecule has 128 valence electrons. The maximum atomic E-state index is 11.9. The molecule has 8 heteroatoms. The molecule has 1 aromatic rings. The molecule has 0 aromatic heterocycles. The van der Waals surface area contributed by atoms with Gasteiger partial charge in [-0.15, -0.1) is 0 Å². The van der Waals surface area contributed by atoms with Gasteiger partial charge in [-0.2, -0.15) is 0 Å². The highest BCUT2D eigenvalue weighted by atomic mass is 16.6. The number of hydrogen-bond acceptors (Lipinski definition) is 6. The van der Waals surface area contributed by atoms with Gasteiger partial charge in [-0.1, -0.05) is 12.2 Å². The third kappa shape index (κ3) is 4.55. The predicted molar refractivity (Wildman–Crippen MR) is 85.7 cm³/mol. The lowest BCUT2D eigenvalue weighted by Crippen LogP contribution is -2.25. The van der Waals surface area contributed by atoms with Crippen LogP contribution in [0.2, 0.25) is 0 Å². The van der Waals surface area contributed by atoms with Crippen LogP contribution in [0.25, 0.3) is 0 Å². The topological polar surface area (TPSA) is 108 Å². The van der Waals surface area contributed by atoms with Crippen LogP contribution in [0, 0.1) is 16.0 Å². The Kier molecular flexibility index (Phi) is 5.89. The number of esters is 1. The molecule has 0 unspecified atom stereocenters. The van der Waals surface area contributed by atoms with Gasteiger partial charge in [0, 0.05) is 0 Å². The van der Waals surface area contributed by atoms with Crippen LogP contribution in [0.3, 0.4) is 0 Å². The zero-order valence-corrected chi connectivity index (χ0v) is 13.2. The van der Waals surface area contributed by atoms with Crippen LogP contribution in [0.5, 0.6) is 5.75 Å². The number of nitro groups is 1. The molecule has 0 heterocycles. The quantitative estimate of drug-likeness (QED) is 0.370. The number of rotatable bonds is 6. The summed E-state index contributed by atoms with van der Waals surface area (Å²) in [5.41, 5.74) is -0.283. The molecule has 8 nitrogen and oxygen atoms in total. The summed E-state index contributed by atoms with van der Waals surface area (Å²) in [6.07, 6.45) is 6.02. The molecule has 0 aliphatic heterocycles. The summed E-state index contributed by atoms with van der Waals surface area (Å²) in [5, 5.41) is 13.4. The Bertz CT molecular complexity index is 671. The molecular weight excluding hydrogens is 316 g/mol. The Labute approximate surface area is 138 Å². The lowest BCUT2D eigenvalue weighted by molar-refractivity contribution is -0.384. The Morgan fingerprint density at radius 3 is 2.79 bits per heavy atom. The van der Waals surface area contributed by atoms with E-state index in [9.17, 15) is 19.7 Å². The number of nitrogens with one attached hydrogen (secondary N) is 1. The van der Waals surface area contributed by atoms with Crippen LogP contribution >= 0.6 is 0 Å². The summed E-state index contributed by atoms with van der Waals surface area (Å²) < 4.78 is 9.90. The number of benzene rings is 1. The van der Waals surface area contributed by atoms with Crippen LogP contribution in [-0.2, 0) is 14.3 Å². The Morgan fingerprint density at radius 2 is 2.17 bits per heavy atom. The van der Waals surface area contributed by atoms with E-state index in [1.165, 1.54) is 25.3 Å². The van der Waals surface area contributed by atoms with Gasteiger partial charge in [0.15, 0.2) is 6.61 Å². The van der Waals surface area contributed by atoms with Crippen molar-refractivity contribution in [2.45, 2.75) is 19.3 Å². The first-order chi connectivity index (χ1) is 11.5. The maximum Gasteiger partial charge on any atom is 0.309 e. The highest BCUT2D eigenvalue weighted by molar-refractivity contribution is 5.95. The number of nitro benzene ring substituents is 1. The van der Waals surface area contributed by atoms with Crippen molar-refractivity contribution in [3.63, 3.8) is 0 Å². The van der Waals surface area contributed by atoms with Gasteiger partial charge in [0.2, 0.25) is 0 Å². The van der Waals surface area contributed by atoms with Gasteiger partial charge < -0.3 is 14.8 Å². The van der Waals surface area contributed by atoms with Crippen molar-refractivity contribution in [2.24, 2.45) is 5.92 Å². The highest BCUT2D eigenvalue weighted by Crippen LogP contribution is 2.28. The van der Waals surface area contributed by atoms with Crippen LogP contribution in [0.4, 0.5) is 11.4 Å². The molecule has 1 aliphatic rings. The van der Waals surface area contributed by atoms with Gasteiger partial charge in [-0.25, -0.2) is 0 Å². The number of hydrogen-bond donors (Lipinski definition) is 1. The van der Waals surface area contributed by atoms with E-state index in [4.69, 9.17) is 9.47 Å². The minimum Gasteiger partial charge on any atom is -0.496 e. The molecule has 1 N–H and O–H groups in total. The smallest absolute Gasteiger partial charge is 0.309 e. The predicted octanol–water partition coefficient (Wildman–Crippen LogP) is 2.44. The third-order valence-corrected chi connectivity index (χ3v) is 3.62. The Hall–Kier alpha value is -2.90. The SMILES string of the molecule is COc1ccc(NC(=O)COC(=O)[C@H]2CC=CCC2)c([N+](=O)[O-])c1. The first-order valence-electron chi connectivity index (χ1n) is 7.45. The molecule has 0 fully saturated rings. The van der Waals surface area contributed by atoms with E-state index in [2.05, 4.69) is 5.32 Å². The summed E-state index contributed by atoms with van der Waals surface area (Å²) in [5.74, 6) is -1.00. The summed E-state index contributed by atoms with van der Waals surface area (Å²) in [6, 6.07) is 4.06. The summed E-state index contributed by atoms with van der Waals surface area (Å²) in [4.78, 5) is 34.2. The van der Waals surface area contributed by atoms with Crippen LogP contribution in [0.15, 0.2) is 30.4 Å². The van der Waals surface area contributed by atoms with Crippen molar-refractivity contribution in [3.05, 3.63) is 40.5 Å². The fourth-order valence-electron chi connectivity index (χ4n) is 2.34. The normalized spacial score (nSPS) is 16.3. The minimum atomic E-state index is -0.636. The van der Waals surface area contributed by atoms with Gasteiger partial charge in [-0.05, 0) is 31.4 Å². The fourth-order valence-corrected chi connectivity index (χ4v) is 2.34. The first kappa shape index (κ1) is 17.5. The average Bonchev–Trinajstić information content (AvgIpc) is 2.60. The van der Waals surface area contributed by atoms with Crippen molar-refractivity contribution < 1.29 is 24.0 Å². The third-order valence-electron chi connectivity index (χ3n) is 3.62. The highest BCUT2D eigenvalue weighted by Gasteiger charge is 2.22. The summed E-state index contributed by atoms with van der Waals surface area (Å²) in [7, 11) is 1.39. The summed E-state index contributed by atoms with van der Waals surface area (Å²) >= 11 is 0. The first-order valence-corrected chi connectivity index (χ1v) is 7.45. The molecule has 0 saturated carbocycles. The van der Waals surface area contributed by atoms with Gasteiger partial charge >= 0.3 is 5.97 Å². The summed E-state index contributed by atoms with van der Waals surface area (Å²) in [6.45, 7) is -0.484. The number of amides is 1. The second kappa shape index (κ2) is 8.09. The van der Waals surface area contributed by atoms with E-state index in [-0.39, 0.29) is 17.3 Å². The molecule has 2 rings (SSSR count).